The number of nitrogens with one attached hydrogen (secondary N) is 1. The van der Waals surface area contributed by atoms with Crippen molar-refractivity contribution in [1.29, 1.82) is 0 Å². The minimum Gasteiger partial charge on any atom is -0.493 e. The number of benzene rings is 2. The summed E-state index contributed by atoms with van der Waals surface area (Å²) in [7, 11) is 1.39. The van der Waals surface area contributed by atoms with Gasteiger partial charge in [-0.3, -0.25) is 14.4 Å². The van der Waals surface area contributed by atoms with E-state index < -0.39 is 30.7 Å². The first-order valence-corrected chi connectivity index (χ1v) is 11.3. The quantitative estimate of drug-likeness (QED) is 0.319. The van der Waals surface area contributed by atoms with E-state index in [4.69, 9.17) is 18.9 Å². The van der Waals surface area contributed by atoms with Gasteiger partial charge in [0.15, 0.2) is 17.2 Å². The maximum Gasteiger partial charge on any atom is 0.325 e. The standard InChI is InChI=1S/C27H28N2O7/c1-18(15-20-9-11-22(12-10-20)21-7-5-4-6-8-21)36-24(31)16-29-27(32)25-26(35-17-34-19(2)30)23(33-3)13-14-28-25/h4-14,18H,15-17H2,1-3H3,(H,29,32). The molecule has 1 unspecified atom stereocenters. The van der Waals surface area contributed by atoms with Gasteiger partial charge in [-0.25, -0.2) is 4.98 Å². The Kier molecular flexibility index (Phi) is 9.39. The first-order valence-electron chi connectivity index (χ1n) is 11.3. The van der Waals surface area contributed by atoms with E-state index in [-0.39, 0.29) is 23.7 Å². The second-order valence-electron chi connectivity index (χ2n) is 7.84. The first kappa shape index (κ1) is 26.2. The summed E-state index contributed by atoms with van der Waals surface area (Å²) >= 11 is 0. The topological polar surface area (TPSA) is 113 Å². The van der Waals surface area contributed by atoms with Gasteiger partial charge in [0.05, 0.1) is 7.11 Å². The van der Waals surface area contributed by atoms with Crippen LogP contribution >= 0.6 is 0 Å². The number of aromatic nitrogens is 1. The lowest BCUT2D eigenvalue weighted by Crippen LogP contribution is -2.33. The van der Waals surface area contributed by atoms with Gasteiger partial charge in [-0.2, -0.15) is 0 Å². The summed E-state index contributed by atoms with van der Waals surface area (Å²) in [5, 5.41) is 2.47. The van der Waals surface area contributed by atoms with E-state index in [0.717, 1.165) is 16.7 Å². The van der Waals surface area contributed by atoms with E-state index in [2.05, 4.69) is 10.3 Å². The normalized spacial score (nSPS) is 11.2. The monoisotopic (exact) mass is 492 g/mol. The Balaban J connectivity index is 1.52. The summed E-state index contributed by atoms with van der Waals surface area (Å²) in [6.45, 7) is 2.22. The van der Waals surface area contributed by atoms with Crippen LogP contribution in [0, 0.1) is 0 Å². The summed E-state index contributed by atoms with van der Waals surface area (Å²) in [4.78, 5) is 39.9. The number of carbonyl (C=O) groups excluding carboxylic acids is 3. The van der Waals surface area contributed by atoms with Crippen LogP contribution in [0.4, 0.5) is 0 Å². The third-order valence-corrected chi connectivity index (χ3v) is 5.08. The molecule has 188 valence electrons. The molecule has 0 radical (unpaired) electrons. The SMILES string of the molecule is COc1ccnc(C(=O)NCC(=O)OC(C)Cc2ccc(-c3ccccc3)cc2)c1OCOC(C)=O. The predicted octanol–water partition coefficient (Wildman–Crippen LogP) is 3.56. The van der Waals surface area contributed by atoms with Crippen molar-refractivity contribution in [2.24, 2.45) is 0 Å². The van der Waals surface area contributed by atoms with Gasteiger partial charge in [0, 0.05) is 25.6 Å². The molecule has 1 N–H and O–H groups in total. The van der Waals surface area contributed by atoms with Crippen LogP contribution < -0.4 is 14.8 Å². The zero-order valence-electron chi connectivity index (χ0n) is 20.4. The lowest BCUT2D eigenvalue weighted by atomic mass is 10.0. The molecule has 0 fully saturated rings. The first-order chi connectivity index (χ1) is 17.4. The number of rotatable bonds is 11. The van der Waals surface area contributed by atoms with Gasteiger partial charge in [-0.1, -0.05) is 54.6 Å². The van der Waals surface area contributed by atoms with Crippen LogP contribution in [0.5, 0.6) is 11.5 Å². The molecule has 0 spiro atoms. The van der Waals surface area contributed by atoms with Crippen LogP contribution in [0.1, 0.15) is 29.9 Å². The molecule has 0 saturated heterocycles. The van der Waals surface area contributed by atoms with Crippen LogP contribution in [0.25, 0.3) is 11.1 Å². The molecule has 36 heavy (non-hydrogen) atoms. The second kappa shape index (κ2) is 12.9. The number of ether oxygens (including phenoxy) is 4. The maximum absolute atomic E-state index is 12.6. The molecular weight excluding hydrogens is 464 g/mol. The van der Waals surface area contributed by atoms with Crippen LogP contribution in [-0.2, 0) is 25.5 Å². The van der Waals surface area contributed by atoms with Crippen LogP contribution in [0.15, 0.2) is 66.9 Å². The number of hydrogen-bond donors (Lipinski definition) is 1. The third-order valence-electron chi connectivity index (χ3n) is 5.08. The van der Waals surface area contributed by atoms with Crippen LogP contribution in [0.2, 0.25) is 0 Å². The van der Waals surface area contributed by atoms with Crippen LogP contribution in [0.3, 0.4) is 0 Å². The largest absolute Gasteiger partial charge is 0.493 e. The number of methoxy groups -OCH3 is 1. The molecule has 9 heteroatoms. The molecule has 1 aromatic heterocycles. The Hall–Kier alpha value is -4.40. The average molecular weight is 493 g/mol. The molecule has 1 heterocycles. The molecule has 3 aromatic rings. The number of esters is 2. The number of amides is 1. The van der Waals surface area contributed by atoms with E-state index in [1.807, 2.05) is 54.6 Å². The lowest BCUT2D eigenvalue weighted by Gasteiger charge is -2.15. The Labute approximate surface area is 209 Å². The van der Waals surface area contributed by atoms with Gasteiger partial charge in [0.25, 0.3) is 5.91 Å². The molecule has 9 nitrogen and oxygen atoms in total. The molecule has 1 amide bonds. The van der Waals surface area contributed by atoms with E-state index in [0.29, 0.717) is 6.42 Å². The smallest absolute Gasteiger partial charge is 0.325 e. The second-order valence-corrected chi connectivity index (χ2v) is 7.84. The Bertz CT molecular complexity index is 1180. The van der Waals surface area contributed by atoms with Gasteiger partial charge in [-0.15, -0.1) is 0 Å². The summed E-state index contributed by atoms with van der Waals surface area (Å²) in [5.41, 5.74) is 3.13. The van der Waals surface area contributed by atoms with Gasteiger partial charge in [0.2, 0.25) is 6.79 Å². The summed E-state index contributed by atoms with van der Waals surface area (Å²) in [6, 6.07) is 19.6. The summed E-state index contributed by atoms with van der Waals surface area (Å²) < 4.78 is 20.7. The van der Waals surface area contributed by atoms with Crippen molar-refractivity contribution in [2.45, 2.75) is 26.4 Å². The zero-order chi connectivity index (χ0) is 25.9. The fraction of sp³-hybridized carbons (Fsp3) is 0.259. The number of carbonyl (C=O) groups is 3. The molecule has 0 saturated carbocycles. The molecule has 2 aromatic carbocycles. The lowest BCUT2D eigenvalue weighted by molar-refractivity contribution is -0.148. The summed E-state index contributed by atoms with van der Waals surface area (Å²) in [6.07, 6.45) is 1.49. The van der Waals surface area contributed by atoms with E-state index in [1.54, 1.807) is 6.92 Å². The number of pyridine rings is 1. The highest BCUT2D eigenvalue weighted by molar-refractivity contribution is 5.97. The zero-order valence-corrected chi connectivity index (χ0v) is 20.4. The number of hydrogen-bond acceptors (Lipinski definition) is 8. The Morgan fingerprint density at radius 2 is 1.67 bits per heavy atom. The number of nitrogens with zero attached hydrogens (tertiary/aromatic N) is 1. The van der Waals surface area contributed by atoms with Crippen molar-refractivity contribution in [3.63, 3.8) is 0 Å². The summed E-state index contributed by atoms with van der Waals surface area (Å²) in [5.74, 6) is -1.61. The molecular formula is C27H28N2O7. The van der Waals surface area contributed by atoms with Crippen molar-refractivity contribution >= 4 is 17.8 Å². The van der Waals surface area contributed by atoms with E-state index in [9.17, 15) is 14.4 Å². The molecule has 1 atom stereocenters. The molecule has 0 aliphatic heterocycles. The average Bonchev–Trinajstić information content (AvgIpc) is 2.88. The fourth-order valence-corrected chi connectivity index (χ4v) is 3.40. The van der Waals surface area contributed by atoms with Crippen molar-refractivity contribution in [2.75, 3.05) is 20.4 Å². The van der Waals surface area contributed by atoms with Crippen molar-refractivity contribution in [1.82, 2.24) is 10.3 Å². The molecule has 0 aliphatic carbocycles. The highest BCUT2D eigenvalue weighted by Crippen LogP contribution is 2.29. The third kappa shape index (κ3) is 7.56. The van der Waals surface area contributed by atoms with Gasteiger partial charge in [-0.05, 0) is 23.6 Å². The minimum absolute atomic E-state index is 0.0144. The van der Waals surface area contributed by atoms with E-state index in [1.165, 1.54) is 26.3 Å². The van der Waals surface area contributed by atoms with Gasteiger partial charge in [0.1, 0.15) is 12.6 Å². The van der Waals surface area contributed by atoms with Gasteiger partial charge < -0.3 is 24.3 Å². The minimum atomic E-state index is -0.673. The highest BCUT2D eigenvalue weighted by atomic mass is 16.7. The van der Waals surface area contributed by atoms with E-state index >= 15 is 0 Å². The molecule has 3 rings (SSSR count). The van der Waals surface area contributed by atoms with Crippen molar-refractivity contribution in [3.05, 3.63) is 78.1 Å². The Morgan fingerprint density at radius 3 is 2.33 bits per heavy atom. The van der Waals surface area contributed by atoms with Crippen molar-refractivity contribution < 1.29 is 33.3 Å². The Morgan fingerprint density at radius 1 is 0.972 bits per heavy atom. The molecule has 0 aliphatic rings. The van der Waals surface area contributed by atoms with Crippen molar-refractivity contribution in [3.8, 4) is 22.6 Å². The maximum atomic E-state index is 12.6. The fourth-order valence-electron chi connectivity index (χ4n) is 3.40. The molecule has 0 bridgehead atoms. The predicted molar refractivity (Wildman–Crippen MR) is 132 cm³/mol. The van der Waals surface area contributed by atoms with Crippen LogP contribution in [-0.4, -0.2) is 49.4 Å². The highest BCUT2D eigenvalue weighted by Gasteiger charge is 2.21. The van der Waals surface area contributed by atoms with Gasteiger partial charge >= 0.3 is 11.9 Å².